The summed E-state index contributed by atoms with van der Waals surface area (Å²) in [5, 5.41) is 3.30. The maximum absolute atomic E-state index is 12.5. The van der Waals surface area contributed by atoms with E-state index in [1.807, 2.05) is 23.1 Å². The molecule has 2 heterocycles. The number of piperidine rings is 1. The van der Waals surface area contributed by atoms with Gasteiger partial charge in [-0.3, -0.25) is 9.59 Å². The van der Waals surface area contributed by atoms with Gasteiger partial charge < -0.3 is 15.0 Å². The summed E-state index contributed by atoms with van der Waals surface area (Å²) in [6.07, 6.45) is 2.39. The number of nitrogens with one attached hydrogen (secondary N) is 1. The third-order valence-corrected chi connectivity index (χ3v) is 4.38. The van der Waals surface area contributed by atoms with E-state index in [-0.39, 0.29) is 17.8 Å². The van der Waals surface area contributed by atoms with Crippen LogP contribution in [0.1, 0.15) is 28.8 Å². The Morgan fingerprint density at radius 3 is 2.76 bits per heavy atom. The molecule has 21 heavy (non-hydrogen) atoms. The summed E-state index contributed by atoms with van der Waals surface area (Å²) in [5.74, 6) is -0.181. The average Bonchev–Trinajstić information content (AvgIpc) is 3.01. The number of amides is 1. The van der Waals surface area contributed by atoms with Crippen LogP contribution in [0.3, 0.4) is 0 Å². The fourth-order valence-corrected chi connectivity index (χ4v) is 3.09. The van der Waals surface area contributed by atoms with Crippen molar-refractivity contribution in [2.75, 3.05) is 32.1 Å². The van der Waals surface area contributed by atoms with Crippen molar-refractivity contribution < 1.29 is 14.3 Å². The Labute approximate surface area is 124 Å². The summed E-state index contributed by atoms with van der Waals surface area (Å²) >= 11 is 0. The van der Waals surface area contributed by atoms with Crippen LogP contribution in [0, 0.1) is 5.92 Å². The first kappa shape index (κ1) is 13.9. The van der Waals surface area contributed by atoms with Crippen molar-refractivity contribution in [3.05, 3.63) is 29.3 Å². The molecule has 1 amide bonds. The lowest BCUT2D eigenvalue weighted by molar-refractivity contribution is -0.146. The molecule has 5 nitrogen and oxygen atoms in total. The van der Waals surface area contributed by atoms with E-state index in [0.717, 1.165) is 24.2 Å². The minimum atomic E-state index is -0.163. The van der Waals surface area contributed by atoms with Gasteiger partial charge in [-0.15, -0.1) is 0 Å². The van der Waals surface area contributed by atoms with Gasteiger partial charge in [0, 0.05) is 30.9 Å². The van der Waals surface area contributed by atoms with E-state index in [1.165, 1.54) is 12.7 Å². The van der Waals surface area contributed by atoms with Crippen LogP contribution >= 0.6 is 0 Å². The van der Waals surface area contributed by atoms with Crippen LogP contribution in [-0.4, -0.2) is 43.5 Å². The molecule has 1 fully saturated rings. The Morgan fingerprint density at radius 1 is 1.29 bits per heavy atom. The Morgan fingerprint density at radius 2 is 2.05 bits per heavy atom. The normalized spacial score (nSPS) is 18.0. The maximum Gasteiger partial charge on any atom is 0.308 e. The minimum Gasteiger partial charge on any atom is -0.469 e. The van der Waals surface area contributed by atoms with Gasteiger partial charge in [-0.2, -0.15) is 0 Å². The van der Waals surface area contributed by atoms with Crippen molar-refractivity contribution in [3.63, 3.8) is 0 Å². The second-order valence-corrected chi connectivity index (χ2v) is 5.64. The number of nitrogens with zero attached hydrogens (tertiary/aromatic N) is 1. The zero-order valence-corrected chi connectivity index (χ0v) is 12.2. The van der Waals surface area contributed by atoms with E-state index in [9.17, 15) is 9.59 Å². The van der Waals surface area contributed by atoms with Gasteiger partial charge in [0.05, 0.1) is 13.0 Å². The van der Waals surface area contributed by atoms with E-state index in [2.05, 4.69) is 5.32 Å². The summed E-state index contributed by atoms with van der Waals surface area (Å²) in [6, 6.07) is 5.88. The first-order valence-corrected chi connectivity index (χ1v) is 7.43. The third-order valence-electron chi connectivity index (χ3n) is 4.38. The summed E-state index contributed by atoms with van der Waals surface area (Å²) in [4.78, 5) is 25.9. The predicted octanol–water partition coefficient (Wildman–Crippen LogP) is 1.68. The molecule has 0 saturated carbocycles. The highest BCUT2D eigenvalue weighted by Gasteiger charge is 2.28. The highest BCUT2D eigenvalue weighted by atomic mass is 16.5. The van der Waals surface area contributed by atoms with Crippen molar-refractivity contribution in [2.45, 2.75) is 19.3 Å². The van der Waals surface area contributed by atoms with Crippen molar-refractivity contribution >= 4 is 17.6 Å². The second-order valence-electron chi connectivity index (χ2n) is 5.64. The average molecular weight is 288 g/mol. The summed E-state index contributed by atoms with van der Waals surface area (Å²) in [7, 11) is 1.41. The molecule has 0 bridgehead atoms. The van der Waals surface area contributed by atoms with Crippen molar-refractivity contribution in [1.29, 1.82) is 0 Å². The van der Waals surface area contributed by atoms with E-state index in [1.54, 1.807) is 0 Å². The van der Waals surface area contributed by atoms with Crippen LogP contribution in [0.4, 0.5) is 5.69 Å². The van der Waals surface area contributed by atoms with Crippen LogP contribution in [0.5, 0.6) is 0 Å². The molecule has 2 aliphatic rings. The molecule has 0 aromatic heterocycles. The highest BCUT2D eigenvalue weighted by molar-refractivity contribution is 5.95. The number of fused-ring (bicyclic) bond motifs is 1. The fourth-order valence-electron chi connectivity index (χ4n) is 3.09. The number of hydrogen-bond donors (Lipinski definition) is 1. The van der Waals surface area contributed by atoms with Gasteiger partial charge in [-0.1, -0.05) is 6.07 Å². The molecule has 0 aliphatic carbocycles. The smallest absolute Gasteiger partial charge is 0.308 e. The molecule has 3 rings (SSSR count). The predicted molar refractivity (Wildman–Crippen MR) is 79.3 cm³/mol. The van der Waals surface area contributed by atoms with E-state index >= 15 is 0 Å². The molecular weight excluding hydrogens is 268 g/mol. The van der Waals surface area contributed by atoms with E-state index < -0.39 is 0 Å². The monoisotopic (exact) mass is 288 g/mol. The largest absolute Gasteiger partial charge is 0.469 e. The SMILES string of the molecule is COC(=O)C1CCN(C(=O)c2ccc3c(c2)NCC3)CC1. The summed E-state index contributed by atoms with van der Waals surface area (Å²) < 4.78 is 4.77. The lowest BCUT2D eigenvalue weighted by Gasteiger charge is -2.30. The topological polar surface area (TPSA) is 58.6 Å². The van der Waals surface area contributed by atoms with Gasteiger partial charge in [-0.05, 0) is 37.0 Å². The summed E-state index contributed by atoms with van der Waals surface area (Å²) in [5.41, 5.74) is 3.07. The molecule has 5 heteroatoms. The molecule has 112 valence electrons. The Balaban J connectivity index is 1.65. The standard InChI is InChI=1S/C16H20N2O3/c1-21-16(20)12-5-8-18(9-6-12)15(19)13-3-2-11-4-7-17-14(11)10-13/h2-3,10,12,17H,4-9H2,1H3. The number of hydrogen-bond acceptors (Lipinski definition) is 4. The minimum absolute atomic E-state index is 0.0508. The number of rotatable bonds is 2. The number of likely N-dealkylation sites (tertiary alicyclic amines) is 1. The number of ether oxygens (including phenoxy) is 1. The molecule has 2 aliphatic heterocycles. The second kappa shape index (κ2) is 5.76. The first-order valence-electron chi connectivity index (χ1n) is 7.43. The highest BCUT2D eigenvalue weighted by Crippen LogP contribution is 2.25. The number of anilines is 1. The molecule has 1 aromatic carbocycles. The Kier molecular flexibility index (Phi) is 3.82. The van der Waals surface area contributed by atoms with Crippen molar-refractivity contribution in [2.24, 2.45) is 5.92 Å². The van der Waals surface area contributed by atoms with Crippen LogP contribution in [-0.2, 0) is 16.0 Å². The van der Waals surface area contributed by atoms with Gasteiger partial charge in [-0.25, -0.2) is 0 Å². The number of carbonyl (C=O) groups excluding carboxylic acids is 2. The molecule has 1 saturated heterocycles. The van der Waals surface area contributed by atoms with Gasteiger partial charge in [0.15, 0.2) is 0 Å². The van der Waals surface area contributed by atoms with Crippen LogP contribution in [0.15, 0.2) is 18.2 Å². The molecule has 0 radical (unpaired) electrons. The number of carbonyl (C=O) groups is 2. The molecule has 1 N–H and O–H groups in total. The van der Waals surface area contributed by atoms with E-state index in [0.29, 0.717) is 25.9 Å². The molecule has 0 spiro atoms. The van der Waals surface area contributed by atoms with Gasteiger partial charge in [0.1, 0.15) is 0 Å². The number of methoxy groups -OCH3 is 1. The maximum atomic E-state index is 12.5. The fraction of sp³-hybridized carbons (Fsp3) is 0.500. The van der Waals surface area contributed by atoms with Gasteiger partial charge >= 0.3 is 5.97 Å². The first-order chi connectivity index (χ1) is 10.2. The van der Waals surface area contributed by atoms with Gasteiger partial charge in [0.2, 0.25) is 0 Å². The summed E-state index contributed by atoms with van der Waals surface area (Å²) in [6.45, 7) is 2.17. The number of esters is 1. The zero-order valence-electron chi connectivity index (χ0n) is 12.2. The van der Waals surface area contributed by atoms with Crippen LogP contribution in [0.25, 0.3) is 0 Å². The molecule has 0 atom stereocenters. The third kappa shape index (κ3) is 2.73. The van der Waals surface area contributed by atoms with Crippen molar-refractivity contribution in [1.82, 2.24) is 4.90 Å². The lowest BCUT2D eigenvalue weighted by atomic mass is 9.96. The van der Waals surface area contributed by atoms with Gasteiger partial charge in [0.25, 0.3) is 5.91 Å². The zero-order chi connectivity index (χ0) is 14.8. The van der Waals surface area contributed by atoms with Crippen LogP contribution in [0.2, 0.25) is 0 Å². The molecule has 1 aromatic rings. The lowest BCUT2D eigenvalue weighted by Crippen LogP contribution is -2.40. The molecular formula is C16H20N2O3. The van der Waals surface area contributed by atoms with E-state index in [4.69, 9.17) is 4.74 Å². The van der Waals surface area contributed by atoms with Crippen LogP contribution < -0.4 is 5.32 Å². The van der Waals surface area contributed by atoms with Crippen molar-refractivity contribution in [3.8, 4) is 0 Å². The molecule has 0 unspecified atom stereocenters. The quantitative estimate of drug-likeness (QED) is 0.841. The number of benzene rings is 1. The Hall–Kier alpha value is -2.04. The Bertz CT molecular complexity index is 563.